The van der Waals surface area contributed by atoms with E-state index in [4.69, 9.17) is 14.8 Å². The van der Waals surface area contributed by atoms with Crippen LogP contribution in [0.5, 0.6) is 0 Å². The molecule has 0 atom stereocenters. The highest BCUT2D eigenvalue weighted by Gasteiger charge is 2.20. The van der Waals surface area contributed by atoms with Crippen molar-refractivity contribution in [3.63, 3.8) is 0 Å². The Bertz CT molecular complexity index is 1010. The van der Waals surface area contributed by atoms with Crippen LogP contribution >= 0.6 is 0 Å². The summed E-state index contributed by atoms with van der Waals surface area (Å²) in [6.07, 6.45) is -0.646. The number of nitrogens with zero attached hydrogens (tertiary/aromatic N) is 2. The second-order valence-electron chi connectivity index (χ2n) is 7.80. The Balaban J connectivity index is 2.20. The van der Waals surface area contributed by atoms with E-state index in [0.717, 1.165) is 5.06 Å². The molecule has 0 aromatic heterocycles. The molecule has 32 heavy (non-hydrogen) atoms. The first kappa shape index (κ1) is 24.4. The predicted molar refractivity (Wildman–Crippen MR) is 117 cm³/mol. The monoisotopic (exact) mass is 438 g/mol. The molecule has 2 aromatic rings. The third-order valence-corrected chi connectivity index (χ3v) is 4.02. The molecule has 9 nitrogen and oxygen atoms in total. The molecule has 0 radical (unpaired) electrons. The molecule has 3 amide bonds. The Morgan fingerprint density at radius 2 is 1.78 bits per heavy atom. The van der Waals surface area contributed by atoms with Crippen LogP contribution in [0, 0.1) is 11.3 Å². The summed E-state index contributed by atoms with van der Waals surface area (Å²) >= 11 is 0. The molecule has 0 fully saturated rings. The van der Waals surface area contributed by atoms with Crippen LogP contribution < -0.4 is 10.6 Å². The Hall–Kier alpha value is -3.90. The standard InChI is InChI=1S/C23H26N4O5/c1-23(2,3)32-22(30)26-19-7-5-6-18(12-19)21(29)27(31-15-20(28)25-4)14-17-10-8-16(13-24)9-11-17/h5-12H,14-15H2,1-4H3,(H,25,28)(H,26,30). The zero-order valence-electron chi connectivity index (χ0n) is 18.5. The zero-order chi connectivity index (χ0) is 23.7. The lowest BCUT2D eigenvalue weighted by atomic mass is 10.1. The first-order valence-corrected chi connectivity index (χ1v) is 9.86. The van der Waals surface area contributed by atoms with E-state index in [1.807, 2.05) is 6.07 Å². The molecular formula is C23H26N4O5. The van der Waals surface area contributed by atoms with Crippen molar-refractivity contribution in [2.45, 2.75) is 32.9 Å². The average Bonchev–Trinajstić information content (AvgIpc) is 2.75. The quantitative estimate of drug-likeness (QED) is 0.640. The van der Waals surface area contributed by atoms with Gasteiger partial charge in [0.15, 0.2) is 6.61 Å². The van der Waals surface area contributed by atoms with Crippen LogP contribution in [0.4, 0.5) is 10.5 Å². The molecule has 0 saturated carbocycles. The van der Waals surface area contributed by atoms with Gasteiger partial charge in [-0.3, -0.25) is 19.7 Å². The molecule has 9 heteroatoms. The summed E-state index contributed by atoms with van der Waals surface area (Å²) in [5, 5.41) is 15.0. The number of carbonyl (C=O) groups excluding carboxylic acids is 3. The van der Waals surface area contributed by atoms with Crippen LogP contribution in [0.2, 0.25) is 0 Å². The predicted octanol–water partition coefficient (Wildman–Crippen LogP) is 3.23. The number of nitrogens with one attached hydrogen (secondary N) is 2. The number of likely N-dealkylation sites (N-methyl/N-ethyl adjacent to an activating group) is 1. The Kier molecular flexibility index (Phi) is 8.32. The van der Waals surface area contributed by atoms with Crippen LogP contribution in [0.25, 0.3) is 0 Å². The lowest BCUT2D eigenvalue weighted by Crippen LogP contribution is -2.35. The number of amides is 3. The molecule has 0 aliphatic heterocycles. The maximum Gasteiger partial charge on any atom is 0.412 e. The summed E-state index contributed by atoms with van der Waals surface area (Å²) in [5.74, 6) is -0.908. The fourth-order valence-corrected chi connectivity index (χ4v) is 2.53. The fourth-order valence-electron chi connectivity index (χ4n) is 2.53. The van der Waals surface area contributed by atoms with Gasteiger partial charge in [0.25, 0.3) is 5.91 Å². The molecular weight excluding hydrogens is 412 g/mol. The molecule has 2 N–H and O–H groups in total. The molecule has 2 aromatic carbocycles. The highest BCUT2D eigenvalue weighted by atomic mass is 16.7. The molecule has 0 bridgehead atoms. The number of ether oxygens (including phenoxy) is 1. The highest BCUT2D eigenvalue weighted by Crippen LogP contribution is 2.17. The SMILES string of the molecule is CNC(=O)CON(Cc1ccc(C#N)cc1)C(=O)c1cccc(NC(=O)OC(C)(C)C)c1. The molecule has 0 heterocycles. The summed E-state index contributed by atoms with van der Waals surface area (Å²) in [7, 11) is 1.46. The van der Waals surface area contributed by atoms with Crippen LogP contribution in [0.15, 0.2) is 48.5 Å². The van der Waals surface area contributed by atoms with E-state index in [1.165, 1.54) is 13.1 Å². The zero-order valence-corrected chi connectivity index (χ0v) is 18.5. The van der Waals surface area contributed by atoms with E-state index in [0.29, 0.717) is 16.8 Å². The first-order chi connectivity index (χ1) is 15.1. The maximum absolute atomic E-state index is 13.1. The molecule has 0 spiro atoms. The Morgan fingerprint density at radius 3 is 2.38 bits per heavy atom. The third-order valence-electron chi connectivity index (χ3n) is 4.02. The second kappa shape index (κ2) is 10.9. The normalized spacial score (nSPS) is 10.6. The number of benzene rings is 2. The van der Waals surface area contributed by atoms with E-state index in [9.17, 15) is 14.4 Å². The summed E-state index contributed by atoms with van der Waals surface area (Å²) < 4.78 is 5.23. The van der Waals surface area contributed by atoms with Gasteiger partial charge in [-0.05, 0) is 56.7 Å². The molecule has 2 rings (SSSR count). The van der Waals surface area contributed by atoms with Gasteiger partial charge >= 0.3 is 6.09 Å². The summed E-state index contributed by atoms with van der Waals surface area (Å²) in [6.45, 7) is 4.94. The fraction of sp³-hybridized carbons (Fsp3) is 0.304. The van der Waals surface area contributed by atoms with Gasteiger partial charge in [0.05, 0.1) is 18.2 Å². The third kappa shape index (κ3) is 7.74. The minimum atomic E-state index is -0.664. The number of anilines is 1. The van der Waals surface area contributed by atoms with E-state index in [2.05, 4.69) is 10.6 Å². The number of hydrogen-bond acceptors (Lipinski definition) is 6. The van der Waals surface area contributed by atoms with E-state index in [1.54, 1.807) is 63.2 Å². The second-order valence-corrected chi connectivity index (χ2v) is 7.80. The first-order valence-electron chi connectivity index (χ1n) is 9.86. The number of hydrogen-bond donors (Lipinski definition) is 2. The number of hydroxylamine groups is 2. The van der Waals surface area contributed by atoms with Gasteiger partial charge in [0.1, 0.15) is 5.60 Å². The van der Waals surface area contributed by atoms with Crippen molar-refractivity contribution in [1.82, 2.24) is 10.4 Å². The van der Waals surface area contributed by atoms with Crippen molar-refractivity contribution in [3.8, 4) is 6.07 Å². The number of carbonyl (C=O) groups is 3. The topological polar surface area (TPSA) is 121 Å². The maximum atomic E-state index is 13.1. The van der Waals surface area contributed by atoms with Crippen LogP contribution in [-0.4, -0.2) is 42.2 Å². The number of rotatable bonds is 7. The molecule has 0 unspecified atom stereocenters. The molecule has 0 saturated heterocycles. The average molecular weight is 438 g/mol. The largest absolute Gasteiger partial charge is 0.444 e. The Morgan fingerprint density at radius 1 is 1.09 bits per heavy atom. The highest BCUT2D eigenvalue weighted by molar-refractivity contribution is 5.95. The van der Waals surface area contributed by atoms with Crippen molar-refractivity contribution in [2.75, 3.05) is 19.0 Å². The summed E-state index contributed by atoms with van der Waals surface area (Å²) in [5.41, 5.74) is 1.14. The Labute approximate surface area is 186 Å². The van der Waals surface area contributed by atoms with Crippen molar-refractivity contribution in [2.24, 2.45) is 0 Å². The lowest BCUT2D eigenvalue weighted by Gasteiger charge is -2.22. The van der Waals surface area contributed by atoms with Gasteiger partial charge in [-0.15, -0.1) is 0 Å². The van der Waals surface area contributed by atoms with Gasteiger partial charge in [-0.2, -0.15) is 5.26 Å². The van der Waals surface area contributed by atoms with E-state index >= 15 is 0 Å². The minimum Gasteiger partial charge on any atom is -0.444 e. The summed E-state index contributed by atoms with van der Waals surface area (Å²) in [6, 6.07) is 15.0. The van der Waals surface area contributed by atoms with Gasteiger partial charge in [0, 0.05) is 18.3 Å². The minimum absolute atomic E-state index is 0.0469. The van der Waals surface area contributed by atoms with Gasteiger partial charge in [0.2, 0.25) is 5.91 Å². The van der Waals surface area contributed by atoms with Gasteiger partial charge < -0.3 is 10.1 Å². The number of nitriles is 1. The lowest BCUT2D eigenvalue weighted by molar-refractivity contribution is -0.153. The van der Waals surface area contributed by atoms with E-state index in [-0.39, 0.29) is 18.7 Å². The van der Waals surface area contributed by atoms with E-state index < -0.39 is 23.5 Å². The van der Waals surface area contributed by atoms with Gasteiger partial charge in [-0.25, -0.2) is 9.86 Å². The van der Waals surface area contributed by atoms with Crippen molar-refractivity contribution in [1.29, 1.82) is 5.26 Å². The molecule has 0 aliphatic carbocycles. The van der Waals surface area contributed by atoms with Crippen molar-refractivity contribution < 1.29 is 24.0 Å². The van der Waals surface area contributed by atoms with Crippen LogP contribution in [0.3, 0.4) is 0 Å². The molecule has 0 aliphatic rings. The molecule has 168 valence electrons. The summed E-state index contributed by atoms with van der Waals surface area (Å²) in [4.78, 5) is 42.2. The van der Waals surface area contributed by atoms with Crippen molar-refractivity contribution in [3.05, 3.63) is 65.2 Å². The smallest absolute Gasteiger partial charge is 0.412 e. The van der Waals surface area contributed by atoms with Crippen LogP contribution in [0.1, 0.15) is 42.3 Å². The van der Waals surface area contributed by atoms with Gasteiger partial charge in [-0.1, -0.05) is 18.2 Å². The van der Waals surface area contributed by atoms with Crippen LogP contribution in [-0.2, 0) is 20.9 Å². The van der Waals surface area contributed by atoms with Crippen molar-refractivity contribution >= 4 is 23.6 Å².